The molecular formula is C18H14F6N2O3S. The first kappa shape index (κ1) is 22.1. The summed E-state index contributed by atoms with van der Waals surface area (Å²) in [5.41, 5.74) is -2.11. The van der Waals surface area contributed by atoms with Gasteiger partial charge < -0.3 is 5.32 Å². The molecule has 0 aliphatic heterocycles. The average molecular weight is 452 g/mol. The van der Waals surface area contributed by atoms with Crippen LogP contribution in [0, 0.1) is 5.92 Å². The van der Waals surface area contributed by atoms with Crippen molar-refractivity contribution in [3.63, 3.8) is 0 Å². The Morgan fingerprint density at radius 1 is 0.967 bits per heavy atom. The summed E-state index contributed by atoms with van der Waals surface area (Å²) < 4.78 is 102. The number of carbonyl (C=O) groups excluding carboxylic acids is 1. The van der Waals surface area contributed by atoms with Crippen LogP contribution in [0.25, 0.3) is 0 Å². The predicted molar refractivity (Wildman–Crippen MR) is 93.0 cm³/mol. The maximum atomic E-state index is 12.8. The summed E-state index contributed by atoms with van der Waals surface area (Å²) in [4.78, 5) is 15.3. The van der Waals surface area contributed by atoms with Gasteiger partial charge in [0.05, 0.1) is 21.3 Å². The number of rotatable bonds is 4. The molecule has 1 amide bonds. The standard InChI is InChI=1S/C18H14F6N2O3S/c19-17(20,21)11-2-1-3-13(8-11)30(28,29)14-6-10(7-14)16(27)26-15-9-12(4-5-25-15)18(22,23)24/h1-5,8-10,14H,6-7H2,(H,25,26,27). The van der Waals surface area contributed by atoms with E-state index in [0.29, 0.717) is 12.1 Å². The predicted octanol–water partition coefficient (Wildman–Crippen LogP) is 4.31. The minimum Gasteiger partial charge on any atom is -0.310 e. The molecule has 1 saturated carbocycles. The second kappa shape index (κ2) is 7.56. The highest BCUT2D eigenvalue weighted by Gasteiger charge is 2.43. The van der Waals surface area contributed by atoms with Crippen LogP contribution < -0.4 is 5.32 Å². The Labute approximate surface area is 167 Å². The molecular weight excluding hydrogens is 438 g/mol. The first-order valence-corrected chi connectivity index (χ1v) is 10.1. The van der Waals surface area contributed by atoms with E-state index < -0.39 is 55.3 Å². The monoisotopic (exact) mass is 452 g/mol. The first-order chi connectivity index (χ1) is 13.8. The molecule has 1 aliphatic carbocycles. The number of aromatic nitrogens is 1. The Bertz CT molecular complexity index is 1060. The molecule has 30 heavy (non-hydrogen) atoms. The quantitative estimate of drug-likeness (QED) is 0.702. The number of nitrogens with one attached hydrogen (secondary N) is 1. The zero-order valence-corrected chi connectivity index (χ0v) is 15.8. The summed E-state index contributed by atoms with van der Waals surface area (Å²) in [5.74, 6) is -1.86. The number of benzene rings is 1. The van der Waals surface area contributed by atoms with Crippen LogP contribution in [0.15, 0.2) is 47.5 Å². The second-order valence-corrected chi connectivity index (χ2v) is 9.01. The summed E-state index contributed by atoms with van der Waals surface area (Å²) in [7, 11) is -4.09. The number of halogens is 6. The third-order valence-electron chi connectivity index (χ3n) is 4.73. The van der Waals surface area contributed by atoms with Gasteiger partial charge in [-0.25, -0.2) is 13.4 Å². The van der Waals surface area contributed by atoms with E-state index in [1.54, 1.807) is 0 Å². The summed E-state index contributed by atoms with van der Waals surface area (Å²) >= 11 is 0. The average Bonchev–Trinajstić information content (AvgIpc) is 2.59. The number of pyridine rings is 1. The van der Waals surface area contributed by atoms with Crippen molar-refractivity contribution in [1.82, 2.24) is 4.98 Å². The molecule has 0 spiro atoms. The maximum Gasteiger partial charge on any atom is 0.416 e. The molecule has 1 aliphatic rings. The lowest BCUT2D eigenvalue weighted by atomic mass is 9.84. The minimum atomic E-state index is -4.70. The highest BCUT2D eigenvalue weighted by molar-refractivity contribution is 7.92. The van der Waals surface area contributed by atoms with Crippen molar-refractivity contribution in [2.45, 2.75) is 35.3 Å². The van der Waals surface area contributed by atoms with Crippen LogP contribution in [0.3, 0.4) is 0 Å². The normalized spacial score (nSPS) is 19.8. The molecule has 2 aromatic rings. The van der Waals surface area contributed by atoms with Crippen LogP contribution in [-0.2, 0) is 27.0 Å². The molecule has 0 saturated heterocycles. The fourth-order valence-electron chi connectivity index (χ4n) is 2.98. The number of anilines is 1. The van der Waals surface area contributed by atoms with Gasteiger partial charge in [-0.1, -0.05) is 6.07 Å². The van der Waals surface area contributed by atoms with Crippen molar-refractivity contribution in [2.75, 3.05) is 5.32 Å². The van der Waals surface area contributed by atoms with Crippen molar-refractivity contribution >= 4 is 21.6 Å². The Morgan fingerprint density at radius 2 is 1.57 bits per heavy atom. The zero-order valence-electron chi connectivity index (χ0n) is 15.0. The van der Waals surface area contributed by atoms with E-state index in [1.165, 1.54) is 0 Å². The van der Waals surface area contributed by atoms with E-state index in [1.807, 2.05) is 0 Å². The van der Waals surface area contributed by atoms with Crippen molar-refractivity contribution in [1.29, 1.82) is 0 Å². The van der Waals surface area contributed by atoms with Crippen LogP contribution in [-0.4, -0.2) is 24.6 Å². The molecule has 1 aromatic heterocycles. The van der Waals surface area contributed by atoms with Gasteiger partial charge in [-0.05, 0) is 43.2 Å². The highest BCUT2D eigenvalue weighted by Crippen LogP contribution is 2.39. The zero-order chi connectivity index (χ0) is 22.3. The summed E-state index contributed by atoms with van der Waals surface area (Å²) in [6, 6.07) is 4.69. The number of carbonyl (C=O) groups is 1. The molecule has 1 N–H and O–H groups in total. The number of hydrogen-bond acceptors (Lipinski definition) is 4. The van der Waals surface area contributed by atoms with E-state index in [-0.39, 0.29) is 18.7 Å². The largest absolute Gasteiger partial charge is 0.416 e. The van der Waals surface area contributed by atoms with Crippen LogP contribution >= 0.6 is 0 Å². The number of sulfone groups is 1. The maximum absolute atomic E-state index is 12.8. The van der Waals surface area contributed by atoms with E-state index in [4.69, 9.17) is 0 Å². The van der Waals surface area contributed by atoms with Gasteiger partial charge in [-0.15, -0.1) is 0 Å². The molecule has 1 aromatic carbocycles. The van der Waals surface area contributed by atoms with Gasteiger partial charge in [-0.2, -0.15) is 26.3 Å². The third-order valence-corrected chi connectivity index (χ3v) is 6.91. The summed E-state index contributed by atoms with van der Waals surface area (Å²) in [6.07, 6.45) is -8.78. The van der Waals surface area contributed by atoms with Gasteiger partial charge >= 0.3 is 12.4 Å². The fourth-order valence-corrected chi connectivity index (χ4v) is 4.89. The van der Waals surface area contributed by atoms with Gasteiger partial charge in [0.25, 0.3) is 0 Å². The van der Waals surface area contributed by atoms with Gasteiger partial charge in [0, 0.05) is 12.1 Å². The van der Waals surface area contributed by atoms with Crippen LogP contribution in [0.2, 0.25) is 0 Å². The Balaban J connectivity index is 1.66. The molecule has 0 bridgehead atoms. The number of hydrogen-bond donors (Lipinski definition) is 1. The van der Waals surface area contributed by atoms with E-state index in [9.17, 15) is 39.6 Å². The van der Waals surface area contributed by atoms with E-state index in [2.05, 4.69) is 10.3 Å². The number of amides is 1. The Kier molecular flexibility index (Phi) is 5.56. The van der Waals surface area contributed by atoms with Crippen molar-refractivity contribution in [2.24, 2.45) is 5.92 Å². The molecule has 12 heteroatoms. The summed E-state index contributed by atoms with van der Waals surface area (Å²) in [5, 5.41) is 1.14. The Hall–Kier alpha value is -2.63. The lowest BCUT2D eigenvalue weighted by Gasteiger charge is -2.33. The van der Waals surface area contributed by atoms with Crippen LogP contribution in [0.4, 0.5) is 32.2 Å². The molecule has 3 rings (SSSR count). The van der Waals surface area contributed by atoms with Crippen molar-refractivity contribution in [3.05, 3.63) is 53.7 Å². The van der Waals surface area contributed by atoms with E-state index in [0.717, 1.165) is 30.5 Å². The van der Waals surface area contributed by atoms with E-state index >= 15 is 0 Å². The lowest BCUT2D eigenvalue weighted by molar-refractivity contribution is -0.138. The number of alkyl halides is 6. The molecule has 0 unspecified atom stereocenters. The molecule has 1 heterocycles. The van der Waals surface area contributed by atoms with Crippen LogP contribution in [0.1, 0.15) is 24.0 Å². The molecule has 0 atom stereocenters. The van der Waals surface area contributed by atoms with Gasteiger partial charge in [0.15, 0.2) is 9.84 Å². The second-order valence-electron chi connectivity index (χ2n) is 6.78. The SMILES string of the molecule is O=C(Nc1cc(C(F)(F)F)ccn1)C1CC(S(=O)(=O)c2cccc(C(F)(F)F)c2)C1. The van der Waals surface area contributed by atoms with Crippen molar-refractivity contribution < 1.29 is 39.6 Å². The Morgan fingerprint density at radius 3 is 2.17 bits per heavy atom. The van der Waals surface area contributed by atoms with Gasteiger partial charge in [0.2, 0.25) is 5.91 Å². The van der Waals surface area contributed by atoms with Gasteiger partial charge in [0.1, 0.15) is 5.82 Å². The minimum absolute atomic E-state index is 0.163. The first-order valence-electron chi connectivity index (χ1n) is 8.54. The van der Waals surface area contributed by atoms with Gasteiger partial charge in [-0.3, -0.25) is 4.79 Å². The van der Waals surface area contributed by atoms with Crippen LogP contribution in [0.5, 0.6) is 0 Å². The topological polar surface area (TPSA) is 76.1 Å². The molecule has 5 nitrogen and oxygen atoms in total. The molecule has 1 fully saturated rings. The smallest absolute Gasteiger partial charge is 0.310 e. The molecule has 162 valence electrons. The fraction of sp³-hybridized carbons (Fsp3) is 0.333. The third kappa shape index (κ3) is 4.58. The molecule has 0 radical (unpaired) electrons. The lowest BCUT2D eigenvalue weighted by Crippen LogP contribution is -2.42. The highest BCUT2D eigenvalue weighted by atomic mass is 32.2. The van der Waals surface area contributed by atoms with Crippen molar-refractivity contribution in [3.8, 4) is 0 Å². The number of nitrogens with zero attached hydrogens (tertiary/aromatic N) is 1. The summed E-state index contributed by atoms with van der Waals surface area (Å²) in [6.45, 7) is 0.